The van der Waals surface area contributed by atoms with Crippen LogP contribution in [0, 0.1) is 6.92 Å². The van der Waals surface area contributed by atoms with Gasteiger partial charge in [-0.1, -0.05) is 0 Å². The van der Waals surface area contributed by atoms with Gasteiger partial charge in [0, 0.05) is 13.2 Å². The molecular formula is C9H17N3. The molecular weight excluding hydrogens is 150 g/mol. The van der Waals surface area contributed by atoms with Gasteiger partial charge in [-0.25, -0.2) is 0 Å². The smallest absolute Gasteiger partial charge is 0.0653 e. The molecule has 3 heteroatoms. The van der Waals surface area contributed by atoms with Gasteiger partial charge in [-0.15, -0.1) is 0 Å². The molecule has 0 aromatic carbocycles. The summed E-state index contributed by atoms with van der Waals surface area (Å²) in [5, 5.41) is 4.36. The molecule has 0 aliphatic rings. The second kappa shape index (κ2) is 4.26. The molecule has 0 aliphatic heterocycles. The molecule has 0 amide bonds. The molecule has 0 atom stereocenters. The Kier molecular flexibility index (Phi) is 3.29. The molecule has 0 aliphatic carbocycles. The first-order chi connectivity index (χ1) is 5.74. The average molecular weight is 167 g/mol. The van der Waals surface area contributed by atoms with Crippen LogP contribution < -0.4 is 5.73 Å². The Balaban J connectivity index is 2.45. The monoisotopic (exact) mass is 167 g/mol. The quantitative estimate of drug-likeness (QED) is 0.680. The number of unbranched alkanes of at least 4 members (excludes halogenated alkanes) is 1. The summed E-state index contributed by atoms with van der Waals surface area (Å²) in [6.07, 6.45) is 5.35. The normalized spacial score (nSPS) is 10.6. The third-order valence-corrected chi connectivity index (χ3v) is 1.98. The van der Waals surface area contributed by atoms with Crippen LogP contribution in [-0.2, 0) is 13.5 Å². The standard InChI is InChI=1S/C9H17N3/c1-8-7-12(2)11-9(8)5-3-4-6-10/h7H,3-6,10H2,1-2H3. The van der Waals surface area contributed by atoms with Gasteiger partial charge in [-0.05, 0) is 38.3 Å². The van der Waals surface area contributed by atoms with Gasteiger partial charge in [0.15, 0.2) is 0 Å². The molecule has 12 heavy (non-hydrogen) atoms. The topological polar surface area (TPSA) is 43.8 Å². The minimum atomic E-state index is 0.784. The SMILES string of the molecule is Cc1cn(C)nc1CCCCN. The Morgan fingerprint density at radius 3 is 2.75 bits per heavy atom. The van der Waals surface area contributed by atoms with Gasteiger partial charge in [0.25, 0.3) is 0 Å². The van der Waals surface area contributed by atoms with E-state index >= 15 is 0 Å². The van der Waals surface area contributed by atoms with Crippen LogP contribution in [0.5, 0.6) is 0 Å². The summed E-state index contributed by atoms with van der Waals surface area (Å²) in [5.74, 6) is 0. The third kappa shape index (κ3) is 2.34. The minimum absolute atomic E-state index is 0.784. The van der Waals surface area contributed by atoms with Gasteiger partial charge in [-0.2, -0.15) is 5.10 Å². The molecule has 68 valence electrons. The first kappa shape index (κ1) is 9.26. The van der Waals surface area contributed by atoms with Gasteiger partial charge >= 0.3 is 0 Å². The molecule has 3 nitrogen and oxygen atoms in total. The van der Waals surface area contributed by atoms with E-state index < -0.39 is 0 Å². The van der Waals surface area contributed by atoms with E-state index in [1.807, 2.05) is 11.7 Å². The molecule has 2 N–H and O–H groups in total. The lowest BCUT2D eigenvalue weighted by Gasteiger charge is -1.96. The van der Waals surface area contributed by atoms with Crippen LogP contribution in [0.4, 0.5) is 0 Å². The fourth-order valence-corrected chi connectivity index (χ4v) is 1.34. The number of aryl methyl sites for hydroxylation is 3. The minimum Gasteiger partial charge on any atom is -0.330 e. The van der Waals surface area contributed by atoms with Crippen molar-refractivity contribution in [3.63, 3.8) is 0 Å². The van der Waals surface area contributed by atoms with E-state index in [9.17, 15) is 0 Å². The van der Waals surface area contributed by atoms with Crippen molar-refractivity contribution < 1.29 is 0 Å². The Hall–Kier alpha value is -0.830. The summed E-state index contributed by atoms with van der Waals surface area (Å²) in [6.45, 7) is 2.89. The van der Waals surface area contributed by atoms with Crippen molar-refractivity contribution in [3.05, 3.63) is 17.5 Å². The molecule has 1 aromatic heterocycles. The summed E-state index contributed by atoms with van der Waals surface area (Å²) < 4.78 is 1.87. The largest absolute Gasteiger partial charge is 0.330 e. The van der Waals surface area contributed by atoms with Crippen LogP contribution >= 0.6 is 0 Å². The molecule has 0 unspecified atom stereocenters. The van der Waals surface area contributed by atoms with Crippen LogP contribution in [0.25, 0.3) is 0 Å². The number of rotatable bonds is 4. The highest BCUT2D eigenvalue weighted by atomic mass is 15.2. The van der Waals surface area contributed by atoms with Crippen molar-refractivity contribution in [2.45, 2.75) is 26.2 Å². The zero-order valence-corrected chi connectivity index (χ0v) is 7.88. The molecule has 0 spiro atoms. The predicted molar refractivity (Wildman–Crippen MR) is 49.9 cm³/mol. The van der Waals surface area contributed by atoms with E-state index in [2.05, 4.69) is 18.2 Å². The molecule has 0 fully saturated rings. The van der Waals surface area contributed by atoms with Crippen molar-refractivity contribution in [2.75, 3.05) is 6.54 Å². The average Bonchev–Trinajstić information content (AvgIpc) is 2.31. The first-order valence-corrected chi connectivity index (χ1v) is 4.43. The fraction of sp³-hybridized carbons (Fsp3) is 0.667. The van der Waals surface area contributed by atoms with Crippen molar-refractivity contribution in [3.8, 4) is 0 Å². The number of hydrogen-bond donors (Lipinski definition) is 1. The molecule has 1 heterocycles. The second-order valence-corrected chi connectivity index (χ2v) is 3.18. The Labute approximate surface area is 73.6 Å². The first-order valence-electron chi connectivity index (χ1n) is 4.43. The number of nitrogens with zero attached hydrogens (tertiary/aromatic N) is 2. The zero-order chi connectivity index (χ0) is 8.97. The summed E-state index contributed by atoms with van der Waals surface area (Å²) in [5.41, 5.74) is 7.91. The highest BCUT2D eigenvalue weighted by Crippen LogP contribution is 2.07. The van der Waals surface area contributed by atoms with Crippen molar-refractivity contribution in [2.24, 2.45) is 12.8 Å². The van der Waals surface area contributed by atoms with Gasteiger partial charge in [0.1, 0.15) is 0 Å². The molecule has 0 radical (unpaired) electrons. The van der Waals surface area contributed by atoms with Crippen LogP contribution in [0.1, 0.15) is 24.1 Å². The third-order valence-electron chi connectivity index (χ3n) is 1.98. The maximum atomic E-state index is 5.41. The van der Waals surface area contributed by atoms with E-state index in [0.717, 1.165) is 25.8 Å². The second-order valence-electron chi connectivity index (χ2n) is 3.18. The maximum Gasteiger partial charge on any atom is 0.0653 e. The lowest BCUT2D eigenvalue weighted by atomic mass is 10.1. The van der Waals surface area contributed by atoms with E-state index in [1.165, 1.54) is 11.3 Å². The zero-order valence-electron chi connectivity index (χ0n) is 7.88. The molecule has 0 saturated heterocycles. The Morgan fingerprint density at radius 2 is 2.25 bits per heavy atom. The van der Waals surface area contributed by atoms with E-state index in [-0.39, 0.29) is 0 Å². The Morgan fingerprint density at radius 1 is 1.50 bits per heavy atom. The summed E-state index contributed by atoms with van der Waals surface area (Å²) in [7, 11) is 1.96. The van der Waals surface area contributed by atoms with Crippen LogP contribution in [-0.4, -0.2) is 16.3 Å². The summed E-state index contributed by atoms with van der Waals surface area (Å²) in [4.78, 5) is 0. The van der Waals surface area contributed by atoms with E-state index in [4.69, 9.17) is 5.73 Å². The highest BCUT2D eigenvalue weighted by Gasteiger charge is 2.01. The van der Waals surface area contributed by atoms with E-state index in [1.54, 1.807) is 0 Å². The number of aromatic nitrogens is 2. The number of hydrogen-bond acceptors (Lipinski definition) is 2. The summed E-state index contributed by atoms with van der Waals surface area (Å²) >= 11 is 0. The molecule has 1 rings (SSSR count). The summed E-state index contributed by atoms with van der Waals surface area (Å²) in [6, 6.07) is 0. The Bertz CT molecular complexity index is 240. The molecule has 1 aromatic rings. The fourth-order valence-electron chi connectivity index (χ4n) is 1.34. The van der Waals surface area contributed by atoms with Gasteiger partial charge < -0.3 is 5.73 Å². The maximum absolute atomic E-state index is 5.41. The lowest BCUT2D eigenvalue weighted by Crippen LogP contribution is -2.00. The van der Waals surface area contributed by atoms with Crippen molar-refractivity contribution in [1.29, 1.82) is 0 Å². The van der Waals surface area contributed by atoms with E-state index in [0.29, 0.717) is 0 Å². The van der Waals surface area contributed by atoms with Gasteiger partial charge in [-0.3, -0.25) is 4.68 Å². The van der Waals surface area contributed by atoms with Gasteiger partial charge in [0.05, 0.1) is 5.69 Å². The predicted octanol–water partition coefficient (Wildman–Crippen LogP) is 1.01. The highest BCUT2D eigenvalue weighted by molar-refractivity contribution is 5.14. The molecule has 0 saturated carbocycles. The van der Waals surface area contributed by atoms with Crippen molar-refractivity contribution >= 4 is 0 Å². The van der Waals surface area contributed by atoms with Gasteiger partial charge in [0.2, 0.25) is 0 Å². The lowest BCUT2D eigenvalue weighted by molar-refractivity contribution is 0.696. The van der Waals surface area contributed by atoms with Crippen LogP contribution in [0.3, 0.4) is 0 Å². The van der Waals surface area contributed by atoms with Crippen LogP contribution in [0.15, 0.2) is 6.20 Å². The van der Waals surface area contributed by atoms with Crippen molar-refractivity contribution in [1.82, 2.24) is 9.78 Å². The molecule has 0 bridgehead atoms. The van der Waals surface area contributed by atoms with Crippen LogP contribution in [0.2, 0.25) is 0 Å². The number of nitrogens with two attached hydrogens (primary N) is 1.